The monoisotopic (exact) mass is 401 g/mol. The van der Waals surface area contributed by atoms with E-state index in [0.29, 0.717) is 12.3 Å². The van der Waals surface area contributed by atoms with Crippen LogP contribution >= 0.6 is 0 Å². The summed E-state index contributed by atoms with van der Waals surface area (Å²) in [4.78, 5) is 12.0. The number of rotatable bonds is 19. The fraction of sp³-hybridized carbons (Fsp3) is 0.741. The van der Waals surface area contributed by atoms with Crippen LogP contribution in [0.1, 0.15) is 128 Å². The van der Waals surface area contributed by atoms with Gasteiger partial charge in [-0.25, -0.2) is 0 Å². The molecule has 0 aliphatic heterocycles. The summed E-state index contributed by atoms with van der Waals surface area (Å²) in [6.45, 7) is 5.19. The van der Waals surface area contributed by atoms with Crippen LogP contribution < -0.4 is 5.32 Å². The van der Waals surface area contributed by atoms with E-state index in [1.54, 1.807) is 0 Å². The summed E-state index contributed by atoms with van der Waals surface area (Å²) in [6.07, 6.45) is 21.1. The van der Waals surface area contributed by atoms with Gasteiger partial charge in [-0.05, 0) is 17.9 Å². The Labute approximate surface area is 181 Å². The second-order valence-corrected chi connectivity index (χ2v) is 8.82. The van der Waals surface area contributed by atoms with Gasteiger partial charge in [-0.3, -0.25) is 4.79 Å². The quantitative estimate of drug-likeness (QED) is 0.233. The minimum atomic E-state index is 0.211. The second kappa shape index (κ2) is 18.7. The van der Waals surface area contributed by atoms with Crippen molar-refractivity contribution in [1.29, 1.82) is 0 Å². The molecule has 2 nitrogen and oxygen atoms in total. The molecule has 1 amide bonds. The Morgan fingerprint density at radius 3 is 1.66 bits per heavy atom. The molecule has 0 aliphatic rings. The maximum Gasteiger partial charge on any atom is 0.220 e. The standard InChI is InChI=1S/C27H47NO/c1-3-4-5-6-7-8-9-10-11-12-13-14-15-16-20-23-27(29)28-24-25(2)26-21-18-17-19-22-26/h17-19,21-22,25H,3-16,20,23-24H2,1-2H3,(H,28,29)/t25-/m1/s1. The highest BCUT2D eigenvalue weighted by Gasteiger charge is 2.07. The van der Waals surface area contributed by atoms with Crippen molar-refractivity contribution in [2.75, 3.05) is 6.54 Å². The van der Waals surface area contributed by atoms with Crippen molar-refractivity contribution in [3.63, 3.8) is 0 Å². The van der Waals surface area contributed by atoms with E-state index in [0.717, 1.165) is 13.0 Å². The van der Waals surface area contributed by atoms with Crippen molar-refractivity contribution >= 4 is 5.91 Å². The van der Waals surface area contributed by atoms with E-state index in [-0.39, 0.29) is 5.91 Å². The predicted molar refractivity (Wildman–Crippen MR) is 127 cm³/mol. The third-order valence-electron chi connectivity index (χ3n) is 5.98. The van der Waals surface area contributed by atoms with Crippen LogP contribution in [0.5, 0.6) is 0 Å². The lowest BCUT2D eigenvalue weighted by Crippen LogP contribution is -2.27. The zero-order valence-corrected chi connectivity index (χ0v) is 19.4. The molecule has 0 radical (unpaired) electrons. The molecule has 0 aliphatic carbocycles. The number of carbonyl (C=O) groups excluding carboxylic acids is 1. The summed E-state index contributed by atoms with van der Waals surface area (Å²) < 4.78 is 0. The summed E-state index contributed by atoms with van der Waals surface area (Å²) >= 11 is 0. The van der Waals surface area contributed by atoms with Crippen molar-refractivity contribution in [3.8, 4) is 0 Å². The first kappa shape index (κ1) is 25.7. The molecule has 0 fully saturated rings. The summed E-state index contributed by atoms with van der Waals surface area (Å²) in [5.74, 6) is 0.587. The molecular weight excluding hydrogens is 354 g/mol. The Morgan fingerprint density at radius 1 is 0.724 bits per heavy atom. The number of hydrogen-bond acceptors (Lipinski definition) is 1. The third-order valence-corrected chi connectivity index (χ3v) is 5.98. The van der Waals surface area contributed by atoms with Crippen LogP contribution in [0.2, 0.25) is 0 Å². The third kappa shape index (κ3) is 15.2. The first-order chi connectivity index (χ1) is 14.2. The van der Waals surface area contributed by atoms with E-state index in [1.807, 2.05) is 6.07 Å². The minimum absolute atomic E-state index is 0.211. The summed E-state index contributed by atoms with van der Waals surface area (Å²) in [6, 6.07) is 10.4. The smallest absolute Gasteiger partial charge is 0.220 e. The molecule has 1 aromatic rings. The summed E-state index contributed by atoms with van der Waals surface area (Å²) in [5, 5.41) is 3.09. The molecule has 1 rings (SSSR count). The predicted octanol–water partition coefficient (Wildman–Crippen LogP) is 8.17. The largest absolute Gasteiger partial charge is 0.356 e. The van der Waals surface area contributed by atoms with Gasteiger partial charge in [0.1, 0.15) is 0 Å². The van der Waals surface area contributed by atoms with E-state index in [1.165, 1.54) is 95.5 Å². The molecule has 0 saturated heterocycles. The molecule has 166 valence electrons. The number of hydrogen-bond donors (Lipinski definition) is 1. The van der Waals surface area contributed by atoms with Crippen LogP contribution in [-0.4, -0.2) is 12.5 Å². The summed E-state index contributed by atoms with van der Waals surface area (Å²) in [7, 11) is 0. The summed E-state index contributed by atoms with van der Waals surface area (Å²) in [5.41, 5.74) is 1.29. The van der Waals surface area contributed by atoms with Crippen molar-refractivity contribution in [2.24, 2.45) is 0 Å². The highest BCUT2D eigenvalue weighted by Crippen LogP contribution is 2.15. The molecule has 0 saturated carbocycles. The molecule has 1 N–H and O–H groups in total. The number of nitrogens with one attached hydrogen (secondary N) is 1. The number of benzene rings is 1. The van der Waals surface area contributed by atoms with Gasteiger partial charge in [0.25, 0.3) is 0 Å². The first-order valence-corrected chi connectivity index (χ1v) is 12.6. The van der Waals surface area contributed by atoms with E-state index < -0.39 is 0 Å². The molecule has 1 aromatic carbocycles. The van der Waals surface area contributed by atoms with Crippen molar-refractivity contribution in [3.05, 3.63) is 35.9 Å². The Bertz CT molecular complexity index is 485. The van der Waals surface area contributed by atoms with Gasteiger partial charge in [-0.15, -0.1) is 0 Å². The van der Waals surface area contributed by atoms with Gasteiger partial charge in [0.05, 0.1) is 0 Å². The molecule has 0 bridgehead atoms. The van der Waals surface area contributed by atoms with Gasteiger partial charge in [-0.2, -0.15) is 0 Å². The Balaban J connectivity index is 1.82. The van der Waals surface area contributed by atoms with Gasteiger partial charge in [-0.1, -0.05) is 134 Å². The SMILES string of the molecule is CCCCCCCCCCCCCCCCCC(=O)NC[C@@H](C)c1ccccc1. The Kier molecular flexibility index (Phi) is 16.6. The van der Waals surface area contributed by atoms with Gasteiger partial charge < -0.3 is 5.32 Å². The van der Waals surface area contributed by atoms with Crippen LogP contribution in [0.3, 0.4) is 0 Å². The molecular formula is C27H47NO. The van der Waals surface area contributed by atoms with E-state index >= 15 is 0 Å². The van der Waals surface area contributed by atoms with Gasteiger partial charge in [0.2, 0.25) is 5.91 Å². The van der Waals surface area contributed by atoms with Gasteiger partial charge in [0.15, 0.2) is 0 Å². The van der Waals surface area contributed by atoms with Gasteiger partial charge >= 0.3 is 0 Å². The Hall–Kier alpha value is -1.31. The van der Waals surface area contributed by atoms with Crippen LogP contribution in [0.25, 0.3) is 0 Å². The average Bonchev–Trinajstić information content (AvgIpc) is 2.75. The van der Waals surface area contributed by atoms with Crippen LogP contribution in [-0.2, 0) is 4.79 Å². The highest BCUT2D eigenvalue weighted by molar-refractivity contribution is 5.75. The normalized spacial score (nSPS) is 12.1. The fourth-order valence-electron chi connectivity index (χ4n) is 3.91. The van der Waals surface area contributed by atoms with E-state index in [4.69, 9.17) is 0 Å². The lowest BCUT2D eigenvalue weighted by molar-refractivity contribution is -0.121. The van der Waals surface area contributed by atoms with E-state index in [9.17, 15) is 4.79 Å². The maximum absolute atomic E-state index is 12.0. The molecule has 0 spiro atoms. The molecule has 1 atom stereocenters. The van der Waals surface area contributed by atoms with Crippen LogP contribution in [0.15, 0.2) is 30.3 Å². The lowest BCUT2D eigenvalue weighted by atomic mass is 10.0. The number of amides is 1. The molecule has 0 aromatic heterocycles. The van der Waals surface area contributed by atoms with Crippen LogP contribution in [0.4, 0.5) is 0 Å². The minimum Gasteiger partial charge on any atom is -0.356 e. The van der Waals surface area contributed by atoms with Crippen molar-refractivity contribution in [1.82, 2.24) is 5.32 Å². The van der Waals surface area contributed by atoms with Crippen molar-refractivity contribution in [2.45, 2.75) is 122 Å². The zero-order valence-electron chi connectivity index (χ0n) is 19.4. The fourth-order valence-corrected chi connectivity index (χ4v) is 3.91. The molecule has 29 heavy (non-hydrogen) atoms. The van der Waals surface area contributed by atoms with Crippen molar-refractivity contribution < 1.29 is 4.79 Å². The van der Waals surface area contributed by atoms with Gasteiger partial charge in [0, 0.05) is 13.0 Å². The van der Waals surface area contributed by atoms with Crippen LogP contribution in [0, 0.1) is 0 Å². The molecule has 0 unspecified atom stereocenters. The van der Waals surface area contributed by atoms with E-state index in [2.05, 4.69) is 43.4 Å². The topological polar surface area (TPSA) is 29.1 Å². The molecule has 0 heterocycles. The number of carbonyl (C=O) groups is 1. The average molecular weight is 402 g/mol. The molecule has 2 heteroatoms. The second-order valence-electron chi connectivity index (χ2n) is 8.82. The highest BCUT2D eigenvalue weighted by atomic mass is 16.1. The number of unbranched alkanes of at least 4 members (excludes halogenated alkanes) is 14. The zero-order chi connectivity index (χ0) is 21.0. The first-order valence-electron chi connectivity index (χ1n) is 12.6. The Morgan fingerprint density at radius 2 is 1.17 bits per heavy atom. The maximum atomic E-state index is 12.0. The lowest BCUT2D eigenvalue weighted by Gasteiger charge is -2.13.